The summed E-state index contributed by atoms with van der Waals surface area (Å²) in [4.78, 5) is 49.3. The van der Waals surface area contributed by atoms with E-state index in [1.807, 2.05) is 4.84 Å². The molecule has 2 atom stereocenters. The van der Waals surface area contributed by atoms with Crippen LogP contribution in [0.25, 0.3) is 0 Å². The molecule has 0 radical (unpaired) electrons. The highest BCUT2D eigenvalue weighted by Gasteiger charge is 2.39. The van der Waals surface area contributed by atoms with Gasteiger partial charge in [-0.2, -0.15) is 0 Å². The van der Waals surface area contributed by atoms with E-state index >= 15 is 0 Å². The van der Waals surface area contributed by atoms with Gasteiger partial charge in [-0.25, -0.2) is 4.84 Å². The van der Waals surface area contributed by atoms with Gasteiger partial charge in [0.2, 0.25) is 12.2 Å². The Morgan fingerprint density at radius 2 is 1.70 bits per heavy atom. The molecule has 0 heterocycles. The van der Waals surface area contributed by atoms with Crippen LogP contribution in [0, 0.1) is 0 Å². The Balaban J connectivity index is 5.39. The van der Waals surface area contributed by atoms with Crippen molar-refractivity contribution in [2.24, 2.45) is 5.73 Å². The molecule has 132 valence electrons. The van der Waals surface area contributed by atoms with Crippen molar-refractivity contribution < 1.29 is 28.7 Å². The maximum Gasteiger partial charge on any atom is 0.322 e. The molecule has 0 unspecified atom stereocenters. The molecule has 0 bridgehead atoms. The van der Waals surface area contributed by atoms with Crippen LogP contribution >= 0.6 is 11.8 Å². The zero-order chi connectivity index (χ0) is 17.8. The minimum atomic E-state index is -1.61. The second-order valence-corrected chi connectivity index (χ2v) is 4.71. The van der Waals surface area contributed by atoms with Gasteiger partial charge in [-0.3, -0.25) is 19.2 Å². The standard InChI is InChI=1S/C13H22ClN3O6/c1-3-5-8(18)11(22-9(19)6-15)12(13(21)16-4-2)23-10(20)7-17-14/h11-12,17H,3-7,15H2,1-2H3,(H,16,21)/t11-,12+/m0/s1. The average molecular weight is 352 g/mol. The Labute approximate surface area is 139 Å². The van der Waals surface area contributed by atoms with E-state index in [1.165, 1.54) is 0 Å². The van der Waals surface area contributed by atoms with Crippen LogP contribution in [0.15, 0.2) is 0 Å². The predicted molar refractivity (Wildman–Crippen MR) is 81.3 cm³/mol. The Bertz CT molecular complexity index is 432. The van der Waals surface area contributed by atoms with Gasteiger partial charge < -0.3 is 20.5 Å². The molecule has 0 saturated heterocycles. The van der Waals surface area contributed by atoms with E-state index in [0.29, 0.717) is 6.42 Å². The van der Waals surface area contributed by atoms with E-state index in [-0.39, 0.29) is 13.0 Å². The molecule has 0 aliphatic heterocycles. The molecule has 0 saturated carbocycles. The van der Waals surface area contributed by atoms with E-state index in [9.17, 15) is 19.2 Å². The monoisotopic (exact) mass is 351 g/mol. The Morgan fingerprint density at radius 1 is 1.09 bits per heavy atom. The summed E-state index contributed by atoms with van der Waals surface area (Å²) < 4.78 is 9.86. The third-order valence-electron chi connectivity index (χ3n) is 2.59. The predicted octanol–water partition coefficient (Wildman–Crippen LogP) is -0.983. The number of nitrogens with one attached hydrogen (secondary N) is 2. The van der Waals surface area contributed by atoms with Crippen LogP contribution in [0.3, 0.4) is 0 Å². The lowest BCUT2D eigenvalue weighted by molar-refractivity contribution is -0.174. The van der Waals surface area contributed by atoms with Crippen LogP contribution in [0.4, 0.5) is 0 Å². The summed E-state index contributed by atoms with van der Waals surface area (Å²) in [6.45, 7) is 2.75. The first-order valence-electron chi connectivity index (χ1n) is 7.14. The fourth-order valence-electron chi connectivity index (χ4n) is 1.64. The minimum absolute atomic E-state index is 0.0454. The molecule has 0 aromatic heterocycles. The zero-order valence-electron chi connectivity index (χ0n) is 13.1. The lowest BCUT2D eigenvalue weighted by Crippen LogP contribution is -2.51. The molecule has 0 spiro atoms. The third-order valence-corrected chi connectivity index (χ3v) is 2.73. The number of nitrogens with two attached hydrogens (primary N) is 1. The lowest BCUT2D eigenvalue weighted by Gasteiger charge is -2.25. The SMILES string of the molecule is CCCC(=O)[C@H](OC(=O)CN)[C@@H](OC(=O)CNCl)C(=O)NCC. The van der Waals surface area contributed by atoms with Gasteiger partial charge in [0.1, 0.15) is 6.54 Å². The summed E-state index contributed by atoms with van der Waals surface area (Å²) in [6.07, 6.45) is -2.66. The zero-order valence-corrected chi connectivity index (χ0v) is 13.9. The van der Waals surface area contributed by atoms with Crippen molar-refractivity contribution in [3.05, 3.63) is 0 Å². The van der Waals surface area contributed by atoms with Gasteiger partial charge in [0.25, 0.3) is 5.91 Å². The van der Waals surface area contributed by atoms with Crippen molar-refractivity contribution >= 4 is 35.4 Å². The number of ether oxygens (including phenoxy) is 2. The number of esters is 2. The van der Waals surface area contributed by atoms with Gasteiger partial charge in [-0.05, 0) is 25.1 Å². The molecule has 23 heavy (non-hydrogen) atoms. The van der Waals surface area contributed by atoms with Crippen molar-refractivity contribution in [3.63, 3.8) is 0 Å². The van der Waals surface area contributed by atoms with E-state index in [2.05, 4.69) is 5.32 Å². The Kier molecular flexibility index (Phi) is 10.9. The van der Waals surface area contributed by atoms with Crippen LogP contribution < -0.4 is 15.9 Å². The van der Waals surface area contributed by atoms with Crippen molar-refractivity contribution in [2.75, 3.05) is 19.6 Å². The van der Waals surface area contributed by atoms with Crippen LogP contribution in [0.5, 0.6) is 0 Å². The molecule has 0 rings (SSSR count). The Morgan fingerprint density at radius 3 is 2.17 bits per heavy atom. The first-order valence-corrected chi connectivity index (χ1v) is 7.51. The number of rotatable bonds is 11. The van der Waals surface area contributed by atoms with Crippen molar-refractivity contribution in [1.82, 2.24) is 10.2 Å². The highest BCUT2D eigenvalue weighted by atomic mass is 35.5. The Hall–Kier alpha value is -1.71. The van der Waals surface area contributed by atoms with E-state index in [0.717, 1.165) is 0 Å². The summed E-state index contributed by atoms with van der Waals surface area (Å²) in [5.74, 6) is -3.07. The molecule has 1 amide bonds. The summed E-state index contributed by atoms with van der Waals surface area (Å²) in [7, 11) is 0. The fraction of sp³-hybridized carbons (Fsp3) is 0.692. The second-order valence-electron chi connectivity index (χ2n) is 4.45. The van der Waals surface area contributed by atoms with Gasteiger partial charge in [0.05, 0.1) is 6.54 Å². The number of Topliss-reactive ketones (excluding diaryl/α,β-unsaturated/α-hetero) is 1. The first-order chi connectivity index (χ1) is 10.9. The van der Waals surface area contributed by atoms with E-state index in [1.54, 1.807) is 13.8 Å². The fourth-order valence-corrected chi connectivity index (χ4v) is 1.75. The third kappa shape index (κ3) is 7.91. The average Bonchev–Trinajstić information content (AvgIpc) is 2.51. The van der Waals surface area contributed by atoms with Crippen molar-refractivity contribution in [2.45, 2.75) is 38.9 Å². The number of halogens is 1. The molecule has 4 N–H and O–H groups in total. The number of likely N-dealkylation sites (N-methyl/N-ethyl adjacent to an activating group) is 1. The van der Waals surface area contributed by atoms with Crippen molar-refractivity contribution in [3.8, 4) is 0 Å². The van der Waals surface area contributed by atoms with Crippen molar-refractivity contribution in [1.29, 1.82) is 0 Å². The molecular formula is C13H22ClN3O6. The normalized spacial score (nSPS) is 12.9. The number of carbonyl (C=O) groups is 4. The first kappa shape index (κ1) is 21.3. The van der Waals surface area contributed by atoms with Gasteiger partial charge in [-0.15, -0.1) is 0 Å². The maximum absolute atomic E-state index is 12.2. The van der Waals surface area contributed by atoms with Gasteiger partial charge in [-0.1, -0.05) is 6.92 Å². The van der Waals surface area contributed by atoms with Gasteiger partial charge >= 0.3 is 11.9 Å². The quantitative estimate of drug-likeness (QED) is 0.319. The lowest BCUT2D eigenvalue weighted by atomic mass is 10.0. The van der Waals surface area contributed by atoms with Crippen LogP contribution in [0.2, 0.25) is 0 Å². The molecule has 0 aliphatic carbocycles. The molecule has 0 fully saturated rings. The van der Waals surface area contributed by atoms with Crippen LogP contribution in [0.1, 0.15) is 26.7 Å². The largest absolute Gasteiger partial charge is 0.449 e. The van der Waals surface area contributed by atoms with Gasteiger partial charge in [0.15, 0.2) is 5.78 Å². The number of hydrogen-bond donors (Lipinski definition) is 3. The summed E-state index contributed by atoms with van der Waals surface area (Å²) in [5.41, 5.74) is 5.16. The van der Waals surface area contributed by atoms with Gasteiger partial charge in [0, 0.05) is 13.0 Å². The second kappa shape index (κ2) is 11.8. The highest BCUT2D eigenvalue weighted by molar-refractivity contribution is 6.14. The molecule has 0 aliphatic rings. The number of carbonyl (C=O) groups excluding carboxylic acids is 4. The minimum Gasteiger partial charge on any atom is -0.449 e. The smallest absolute Gasteiger partial charge is 0.322 e. The number of hydrogen-bond acceptors (Lipinski definition) is 8. The maximum atomic E-state index is 12.2. The molecule has 10 heteroatoms. The summed E-state index contributed by atoms with van der Waals surface area (Å²) in [6, 6.07) is 0. The van der Waals surface area contributed by atoms with E-state index < -0.39 is 48.9 Å². The molecule has 0 aromatic carbocycles. The summed E-state index contributed by atoms with van der Waals surface area (Å²) >= 11 is 5.20. The topological polar surface area (TPSA) is 137 Å². The molecule has 0 aromatic rings. The molecular weight excluding hydrogens is 330 g/mol. The number of amides is 1. The highest BCUT2D eigenvalue weighted by Crippen LogP contribution is 2.11. The van der Waals surface area contributed by atoms with Crippen LogP contribution in [-0.4, -0.2) is 55.5 Å². The van der Waals surface area contributed by atoms with Crippen LogP contribution in [-0.2, 0) is 28.7 Å². The summed E-state index contributed by atoms with van der Waals surface area (Å²) in [5, 5.41) is 2.42. The number of ketones is 1. The molecule has 9 nitrogen and oxygen atoms in total. The van der Waals surface area contributed by atoms with E-state index in [4.69, 9.17) is 27.0 Å².